The zero-order valence-electron chi connectivity index (χ0n) is 29.8. The molecule has 8 rings (SSSR count). The lowest BCUT2D eigenvalue weighted by atomic mass is 9.72. The molecule has 5 heterocycles. The highest BCUT2D eigenvalue weighted by atomic mass is 19.1. The van der Waals surface area contributed by atoms with E-state index in [2.05, 4.69) is 56.6 Å². The van der Waals surface area contributed by atoms with Crippen molar-refractivity contribution >= 4 is 27.6 Å². The minimum absolute atomic E-state index is 0.0395. The number of nitrogens with one attached hydrogen (secondary N) is 1. The van der Waals surface area contributed by atoms with Gasteiger partial charge in [0, 0.05) is 75.8 Å². The molecule has 0 amide bonds. The first-order chi connectivity index (χ1) is 24.3. The number of aromatic amines is 1. The molecule has 3 saturated heterocycles. The third-order valence-electron chi connectivity index (χ3n) is 11.4. The number of anilines is 1. The van der Waals surface area contributed by atoms with Gasteiger partial charge in [-0.3, -0.25) is 10.00 Å². The van der Waals surface area contributed by atoms with E-state index in [4.69, 9.17) is 24.2 Å². The van der Waals surface area contributed by atoms with Crippen molar-refractivity contribution in [2.24, 2.45) is 5.41 Å². The fourth-order valence-corrected chi connectivity index (χ4v) is 8.62. The van der Waals surface area contributed by atoms with E-state index in [1.54, 1.807) is 7.11 Å². The van der Waals surface area contributed by atoms with Crippen molar-refractivity contribution in [1.29, 1.82) is 0 Å². The van der Waals surface area contributed by atoms with Crippen LogP contribution in [0.2, 0.25) is 0 Å². The number of methoxy groups -OCH3 is 1. The van der Waals surface area contributed by atoms with E-state index >= 15 is 0 Å². The van der Waals surface area contributed by atoms with Crippen molar-refractivity contribution in [3.8, 4) is 22.9 Å². The maximum Gasteiger partial charge on any atom is 0.319 e. The van der Waals surface area contributed by atoms with Crippen molar-refractivity contribution in [3.63, 3.8) is 0 Å². The quantitative estimate of drug-likeness (QED) is 0.177. The predicted molar refractivity (Wildman–Crippen MR) is 195 cm³/mol. The van der Waals surface area contributed by atoms with Gasteiger partial charge in [-0.2, -0.15) is 15.1 Å². The van der Waals surface area contributed by atoms with Crippen LogP contribution in [0, 0.1) is 12.3 Å². The van der Waals surface area contributed by atoms with E-state index in [0.717, 1.165) is 135 Å². The molecule has 4 aliphatic rings. The number of nitrogens with zero attached hydrogens (tertiary/aromatic N) is 6. The van der Waals surface area contributed by atoms with Gasteiger partial charge >= 0.3 is 6.01 Å². The molecular formula is C39H50FN7O3. The van der Waals surface area contributed by atoms with Crippen LogP contribution < -0.4 is 14.4 Å². The fourth-order valence-electron chi connectivity index (χ4n) is 8.62. The number of ether oxygens (including phenoxy) is 3. The summed E-state index contributed by atoms with van der Waals surface area (Å²) >= 11 is 0. The molecule has 1 aliphatic carbocycles. The summed E-state index contributed by atoms with van der Waals surface area (Å²) in [4.78, 5) is 17.5. The molecule has 1 N–H and O–H groups in total. The number of halogens is 1. The second-order valence-electron chi connectivity index (χ2n) is 15.0. The van der Waals surface area contributed by atoms with Crippen LogP contribution in [-0.4, -0.2) is 109 Å². The van der Waals surface area contributed by atoms with Gasteiger partial charge in [0.25, 0.3) is 0 Å². The number of benzene rings is 2. The topological polar surface area (TPSA) is 91.9 Å². The molecule has 0 bridgehead atoms. The van der Waals surface area contributed by atoms with Gasteiger partial charge in [-0.1, -0.05) is 12.6 Å². The number of aromatic nitrogens is 4. The van der Waals surface area contributed by atoms with Crippen LogP contribution in [0.25, 0.3) is 32.9 Å². The SMILES string of the molecule is C=C(F)CN1CC2(CCN(c3nc(OC4CCN(CCOC)CC4)nc4c(OCC)c(-c5c(C)ccc6[nH]ncc56)c(C5CC5)cc34)CC2)C1. The number of piperidine rings is 2. The summed E-state index contributed by atoms with van der Waals surface area (Å²) in [5.74, 6) is 1.94. The minimum atomic E-state index is -0.256. The minimum Gasteiger partial charge on any atom is -0.491 e. The third kappa shape index (κ3) is 6.44. The Bertz CT molecular complexity index is 1870. The molecule has 10 nitrogen and oxygen atoms in total. The summed E-state index contributed by atoms with van der Waals surface area (Å²) in [5, 5.41) is 9.71. The third-order valence-corrected chi connectivity index (χ3v) is 11.4. The van der Waals surface area contributed by atoms with Crippen molar-refractivity contribution in [2.45, 2.75) is 64.4 Å². The Morgan fingerprint density at radius 1 is 1.02 bits per heavy atom. The van der Waals surface area contributed by atoms with Crippen molar-refractivity contribution < 1.29 is 18.6 Å². The Hall–Kier alpha value is -3.80. The van der Waals surface area contributed by atoms with Crippen molar-refractivity contribution in [1.82, 2.24) is 30.0 Å². The summed E-state index contributed by atoms with van der Waals surface area (Å²) in [7, 11) is 1.75. The average Bonchev–Trinajstić information content (AvgIpc) is 3.84. The van der Waals surface area contributed by atoms with E-state index in [0.29, 0.717) is 25.1 Å². The van der Waals surface area contributed by atoms with Crippen LogP contribution in [0.15, 0.2) is 36.8 Å². The molecular weight excluding hydrogens is 633 g/mol. The highest BCUT2D eigenvalue weighted by Gasteiger charge is 2.45. The van der Waals surface area contributed by atoms with Gasteiger partial charge < -0.3 is 24.0 Å². The number of hydrogen-bond acceptors (Lipinski definition) is 9. The van der Waals surface area contributed by atoms with Crippen molar-refractivity contribution in [2.75, 3.05) is 77.6 Å². The van der Waals surface area contributed by atoms with E-state index < -0.39 is 0 Å². The summed E-state index contributed by atoms with van der Waals surface area (Å²) < 4.78 is 32.2. The zero-order chi connectivity index (χ0) is 34.4. The summed E-state index contributed by atoms with van der Waals surface area (Å²) in [6.07, 6.45) is 8.19. The Kier molecular flexibility index (Phi) is 9.16. The van der Waals surface area contributed by atoms with Crippen LogP contribution >= 0.6 is 0 Å². The second kappa shape index (κ2) is 13.7. The van der Waals surface area contributed by atoms with Crippen LogP contribution in [0.5, 0.6) is 11.8 Å². The first-order valence-electron chi connectivity index (χ1n) is 18.5. The molecule has 50 heavy (non-hydrogen) atoms. The number of hydrogen-bond donors (Lipinski definition) is 1. The number of rotatable bonds is 12. The lowest BCUT2D eigenvalue weighted by molar-refractivity contribution is -0.0145. The van der Waals surface area contributed by atoms with Crippen LogP contribution in [0.3, 0.4) is 0 Å². The number of fused-ring (bicyclic) bond motifs is 2. The zero-order valence-corrected chi connectivity index (χ0v) is 29.8. The van der Waals surface area contributed by atoms with Gasteiger partial charge in [0.2, 0.25) is 0 Å². The van der Waals surface area contributed by atoms with Gasteiger partial charge in [0.05, 0.1) is 24.9 Å². The number of H-pyrrole nitrogens is 1. The first kappa shape index (κ1) is 33.3. The van der Waals surface area contributed by atoms with Gasteiger partial charge in [0.15, 0.2) is 5.75 Å². The van der Waals surface area contributed by atoms with Crippen LogP contribution in [-0.2, 0) is 4.74 Å². The average molecular weight is 684 g/mol. The first-order valence-corrected chi connectivity index (χ1v) is 18.5. The molecule has 266 valence electrons. The highest BCUT2D eigenvalue weighted by molar-refractivity contribution is 6.06. The molecule has 4 aromatic rings. The van der Waals surface area contributed by atoms with Crippen LogP contribution in [0.4, 0.5) is 10.2 Å². The highest BCUT2D eigenvalue weighted by Crippen LogP contribution is 2.53. The molecule has 2 aromatic heterocycles. The van der Waals surface area contributed by atoms with Gasteiger partial charge in [-0.15, -0.1) is 0 Å². The maximum absolute atomic E-state index is 13.5. The summed E-state index contributed by atoms with van der Waals surface area (Å²) in [6.45, 7) is 15.8. The molecule has 11 heteroatoms. The standard InChI is InChI=1S/C39H50FN7O3/c1-5-49-36-34(33-25(2)6-9-32-31(33)21-41-44-32)29(27-7-8-27)20-30-35(36)42-38(50-28-10-14-45(15-11-28)18-19-48-4)43-37(30)47-16-12-39(13-17-47)23-46(24-39)22-26(3)40/h6,9,20-21,27-28H,3,5,7-8,10-19,22-24H2,1-2,4H3,(H,41,44). The number of likely N-dealkylation sites (tertiary alicyclic amines) is 2. The predicted octanol–water partition coefficient (Wildman–Crippen LogP) is 6.63. The van der Waals surface area contributed by atoms with E-state index in [1.165, 1.54) is 11.1 Å². The lowest BCUT2D eigenvalue weighted by Crippen LogP contribution is -2.60. The van der Waals surface area contributed by atoms with Gasteiger partial charge in [-0.05, 0) is 92.5 Å². The van der Waals surface area contributed by atoms with Gasteiger partial charge in [0.1, 0.15) is 23.3 Å². The largest absolute Gasteiger partial charge is 0.491 e. The second-order valence-corrected chi connectivity index (χ2v) is 15.0. The van der Waals surface area contributed by atoms with E-state index in [9.17, 15) is 4.39 Å². The molecule has 0 unspecified atom stereocenters. The molecule has 2 aromatic carbocycles. The normalized spacial score (nSPS) is 20.1. The number of aryl methyl sites for hydroxylation is 1. The lowest BCUT2D eigenvalue weighted by Gasteiger charge is -2.54. The fraction of sp³-hybridized carbons (Fsp3) is 0.564. The van der Waals surface area contributed by atoms with Crippen molar-refractivity contribution in [3.05, 3.63) is 47.9 Å². The van der Waals surface area contributed by atoms with Crippen LogP contribution in [0.1, 0.15) is 62.5 Å². The summed E-state index contributed by atoms with van der Waals surface area (Å²) in [5.41, 5.74) is 6.80. The van der Waals surface area contributed by atoms with E-state index in [1.807, 2.05) is 13.1 Å². The molecule has 1 spiro atoms. The van der Waals surface area contributed by atoms with Gasteiger partial charge in [-0.25, -0.2) is 4.39 Å². The molecule has 4 fully saturated rings. The maximum atomic E-state index is 13.5. The Morgan fingerprint density at radius 2 is 1.80 bits per heavy atom. The monoisotopic (exact) mass is 683 g/mol. The Morgan fingerprint density at radius 3 is 2.50 bits per heavy atom. The molecule has 0 atom stereocenters. The Labute approximate surface area is 294 Å². The molecule has 1 saturated carbocycles. The van der Waals surface area contributed by atoms with E-state index in [-0.39, 0.29) is 17.3 Å². The molecule has 3 aliphatic heterocycles. The smallest absolute Gasteiger partial charge is 0.319 e. The molecule has 0 radical (unpaired) electrons. The summed E-state index contributed by atoms with van der Waals surface area (Å²) in [6, 6.07) is 7.05. The Balaban J connectivity index is 1.21.